The first-order valence-electron chi connectivity index (χ1n) is 8.11. The van der Waals surface area contributed by atoms with Gasteiger partial charge in [-0.05, 0) is 31.4 Å². The summed E-state index contributed by atoms with van der Waals surface area (Å²) in [5.74, 6) is 1.11. The summed E-state index contributed by atoms with van der Waals surface area (Å²) in [7, 11) is 1.60. The second kappa shape index (κ2) is 5.48. The fraction of sp³-hybridized carbons (Fsp3) is 0.706. The predicted molar refractivity (Wildman–Crippen MR) is 78.2 cm³/mol. The molecule has 3 heterocycles. The van der Waals surface area contributed by atoms with Crippen LogP contribution in [-0.4, -0.2) is 50.5 Å². The third-order valence-electron chi connectivity index (χ3n) is 5.41. The molecule has 3 fully saturated rings. The van der Waals surface area contributed by atoms with Crippen molar-refractivity contribution in [2.75, 3.05) is 26.9 Å². The minimum atomic E-state index is -0.685. The van der Waals surface area contributed by atoms with Crippen molar-refractivity contribution in [3.8, 4) is 0 Å². The van der Waals surface area contributed by atoms with Crippen molar-refractivity contribution in [1.82, 2.24) is 0 Å². The Balaban J connectivity index is 1.76. The largest absolute Gasteiger partial charge is 0.498 e. The Morgan fingerprint density at radius 1 is 1.32 bits per heavy atom. The van der Waals surface area contributed by atoms with Gasteiger partial charge in [0.25, 0.3) is 0 Å². The average Bonchev–Trinajstić information content (AvgIpc) is 2.57. The predicted octanol–water partition coefficient (Wildman–Crippen LogP) is 1.62. The van der Waals surface area contributed by atoms with Gasteiger partial charge < -0.3 is 18.9 Å². The van der Waals surface area contributed by atoms with Crippen molar-refractivity contribution in [2.24, 2.45) is 11.8 Å². The molecule has 22 heavy (non-hydrogen) atoms. The van der Waals surface area contributed by atoms with Crippen molar-refractivity contribution >= 4 is 5.78 Å². The molecule has 0 saturated carbocycles. The van der Waals surface area contributed by atoms with Gasteiger partial charge in [-0.2, -0.15) is 0 Å². The third kappa shape index (κ3) is 2.07. The first kappa shape index (κ1) is 14.4. The van der Waals surface area contributed by atoms with Crippen molar-refractivity contribution in [1.29, 1.82) is 0 Å². The van der Waals surface area contributed by atoms with Crippen LogP contribution in [0.3, 0.4) is 0 Å². The highest BCUT2D eigenvalue weighted by molar-refractivity contribution is 6.01. The fourth-order valence-corrected chi connectivity index (χ4v) is 4.45. The van der Waals surface area contributed by atoms with Gasteiger partial charge in [0.2, 0.25) is 0 Å². The van der Waals surface area contributed by atoms with Crippen LogP contribution in [0.25, 0.3) is 0 Å². The van der Waals surface area contributed by atoms with Crippen LogP contribution in [0.4, 0.5) is 0 Å². The summed E-state index contributed by atoms with van der Waals surface area (Å²) in [6.07, 6.45) is 8.17. The van der Waals surface area contributed by atoms with E-state index in [4.69, 9.17) is 18.9 Å². The lowest BCUT2D eigenvalue weighted by Crippen LogP contribution is -2.63. The van der Waals surface area contributed by atoms with E-state index in [-0.39, 0.29) is 23.9 Å². The van der Waals surface area contributed by atoms with Gasteiger partial charge in [0, 0.05) is 31.1 Å². The van der Waals surface area contributed by atoms with Gasteiger partial charge in [0.1, 0.15) is 11.4 Å². The highest BCUT2D eigenvalue weighted by Gasteiger charge is 2.58. The zero-order chi connectivity index (χ0) is 15.2. The summed E-state index contributed by atoms with van der Waals surface area (Å²) in [6, 6.07) is 0. The maximum Gasteiger partial charge on any atom is 0.181 e. The minimum absolute atomic E-state index is 0.00972. The summed E-state index contributed by atoms with van der Waals surface area (Å²) < 4.78 is 23.8. The molecule has 3 saturated heterocycles. The molecule has 0 radical (unpaired) electrons. The van der Waals surface area contributed by atoms with Gasteiger partial charge in [-0.25, -0.2) is 0 Å². The summed E-state index contributed by atoms with van der Waals surface area (Å²) in [5, 5.41) is 0. The van der Waals surface area contributed by atoms with Crippen molar-refractivity contribution in [2.45, 2.75) is 37.1 Å². The van der Waals surface area contributed by atoms with Crippen LogP contribution in [0.1, 0.15) is 19.3 Å². The zero-order valence-electron chi connectivity index (χ0n) is 12.8. The van der Waals surface area contributed by atoms with E-state index < -0.39 is 5.60 Å². The number of hydrogen-bond acceptors (Lipinski definition) is 5. The van der Waals surface area contributed by atoms with Crippen LogP contribution in [0.5, 0.6) is 0 Å². The van der Waals surface area contributed by atoms with Crippen molar-refractivity contribution < 1.29 is 23.7 Å². The average molecular weight is 306 g/mol. The monoisotopic (exact) mass is 306 g/mol. The van der Waals surface area contributed by atoms with Gasteiger partial charge in [-0.15, -0.1) is 0 Å². The van der Waals surface area contributed by atoms with Crippen LogP contribution < -0.4 is 0 Å². The summed E-state index contributed by atoms with van der Waals surface area (Å²) in [6.45, 7) is 2.15. The lowest BCUT2D eigenvalue weighted by Gasteiger charge is -2.55. The van der Waals surface area contributed by atoms with Crippen LogP contribution in [0, 0.1) is 11.8 Å². The van der Waals surface area contributed by atoms with E-state index >= 15 is 0 Å². The van der Waals surface area contributed by atoms with Crippen molar-refractivity contribution in [3.63, 3.8) is 0 Å². The van der Waals surface area contributed by atoms with E-state index in [1.54, 1.807) is 19.3 Å². The Morgan fingerprint density at radius 2 is 2.23 bits per heavy atom. The molecule has 0 amide bonds. The van der Waals surface area contributed by atoms with Gasteiger partial charge >= 0.3 is 0 Å². The molecule has 1 spiro atoms. The van der Waals surface area contributed by atoms with E-state index in [1.165, 1.54) is 0 Å². The molecule has 4 rings (SSSR count). The van der Waals surface area contributed by atoms with Crippen molar-refractivity contribution in [3.05, 3.63) is 24.0 Å². The standard InChI is InChI=1S/C17H22O5/c1-19-15-9-11(18)4-6-17(15)13-3-2-7-21-16(13)12-5-8-20-10-14(12)22-17/h4,6,9,12-14,16H,2-3,5,7-8,10H2,1H3/t12-,13-,14+,16+,17?/m0/s1. The van der Waals surface area contributed by atoms with Gasteiger partial charge in [0.15, 0.2) is 5.78 Å². The van der Waals surface area contributed by atoms with Crippen LogP contribution in [0.15, 0.2) is 24.0 Å². The maximum absolute atomic E-state index is 11.7. The normalized spacial score (nSPS) is 44.2. The quantitative estimate of drug-likeness (QED) is 0.737. The number of methoxy groups -OCH3 is 1. The molecule has 0 bridgehead atoms. The SMILES string of the molecule is COC1=CC(=O)C=CC12O[C@@H]1COCC[C@@H]1[C@H]1OCCC[C@@H]12. The van der Waals surface area contributed by atoms with Crippen LogP contribution in [-0.2, 0) is 23.7 Å². The molecule has 3 aliphatic heterocycles. The Morgan fingerprint density at radius 3 is 3.09 bits per heavy atom. The Labute approximate surface area is 130 Å². The molecule has 1 unspecified atom stereocenters. The van der Waals surface area contributed by atoms with E-state index in [0.717, 1.165) is 32.5 Å². The zero-order valence-corrected chi connectivity index (χ0v) is 12.8. The van der Waals surface area contributed by atoms with Crippen LogP contribution in [0.2, 0.25) is 0 Å². The van der Waals surface area contributed by atoms with E-state index in [2.05, 4.69) is 0 Å². The van der Waals surface area contributed by atoms with Crippen LogP contribution >= 0.6 is 0 Å². The van der Waals surface area contributed by atoms with E-state index in [9.17, 15) is 4.79 Å². The minimum Gasteiger partial charge on any atom is -0.498 e. The van der Waals surface area contributed by atoms with E-state index in [0.29, 0.717) is 18.3 Å². The van der Waals surface area contributed by atoms with E-state index in [1.807, 2.05) is 6.08 Å². The second-order valence-electron chi connectivity index (χ2n) is 6.51. The fourth-order valence-electron chi connectivity index (χ4n) is 4.45. The molecular weight excluding hydrogens is 284 g/mol. The Hall–Kier alpha value is -1.17. The molecule has 0 aromatic rings. The van der Waals surface area contributed by atoms with Gasteiger partial charge in [0.05, 0.1) is 25.9 Å². The summed E-state index contributed by atoms with van der Waals surface area (Å²) >= 11 is 0. The number of carbonyl (C=O) groups excluding carboxylic acids is 1. The lowest BCUT2D eigenvalue weighted by molar-refractivity contribution is -0.258. The number of ether oxygens (including phenoxy) is 4. The number of hydrogen-bond donors (Lipinski definition) is 0. The van der Waals surface area contributed by atoms with Gasteiger partial charge in [-0.3, -0.25) is 4.79 Å². The lowest BCUT2D eigenvalue weighted by atomic mass is 9.67. The molecule has 5 heteroatoms. The topological polar surface area (TPSA) is 54.0 Å². The molecule has 4 aliphatic rings. The number of ketones is 1. The molecule has 1 aliphatic carbocycles. The maximum atomic E-state index is 11.7. The summed E-state index contributed by atoms with van der Waals surface area (Å²) in [4.78, 5) is 11.7. The third-order valence-corrected chi connectivity index (χ3v) is 5.41. The first-order chi connectivity index (χ1) is 10.7. The first-order valence-corrected chi connectivity index (χ1v) is 8.11. The summed E-state index contributed by atoms with van der Waals surface area (Å²) in [5.41, 5.74) is -0.685. The number of fused-ring (bicyclic) bond motifs is 4. The molecule has 5 atom stereocenters. The molecule has 120 valence electrons. The highest BCUT2D eigenvalue weighted by Crippen LogP contribution is 2.50. The highest BCUT2D eigenvalue weighted by atomic mass is 16.6. The number of allylic oxidation sites excluding steroid dienone is 2. The number of carbonyl (C=O) groups is 1. The molecular formula is C17H22O5. The molecule has 5 nitrogen and oxygen atoms in total. The molecule has 0 aromatic carbocycles. The van der Waals surface area contributed by atoms with Gasteiger partial charge in [-0.1, -0.05) is 0 Å². The second-order valence-corrected chi connectivity index (χ2v) is 6.51. The smallest absolute Gasteiger partial charge is 0.181 e. The Kier molecular flexibility index (Phi) is 3.59. The molecule has 0 aromatic heterocycles. The molecule has 0 N–H and O–H groups in total. The Bertz CT molecular complexity index is 525. The number of rotatable bonds is 1.